The Labute approximate surface area is 104 Å². The smallest absolute Gasteiger partial charge is 0.131 e. The van der Waals surface area contributed by atoms with E-state index in [1.165, 1.54) is 0 Å². The molecule has 0 saturated carbocycles. The Morgan fingerprint density at radius 3 is 2.94 bits per heavy atom. The predicted octanol–water partition coefficient (Wildman–Crippen LogP) is 2.48. The summed E-state index contributed by atoms with van der Waals surface area (Å²) in [4.78, 5) is 15.7. The molecule has 2 heterocycles. The van der Waals surface area contributed by atoms with Crippen molar-refractivity contribution in [1.29, 1.82) is 0 Å². The second-order valence-corrected chi connectivity index (χ2v) is 4.35. The molecular formula is C11H15N5S. The van der Waals surface area contributed by atoms with Crippen molar-refractivity contribution in [2.24, 2.45) is 0 Å². The molecule has 1 atom stereocenters. The molecule has 0 aromatic carbocycles. The molecule has 6 heteroatoms. The molecule has 5 nitrogen and oxygen atoms in total. The fourth-order valence-corrected chi connectivity index (χ4v) is 1.92. The summed E-state index contributed by atoms with van der Waals surface area (Å²) in [6.07, 6.45) is 8.09. The van der Waals surface area contributed by atoms with E-state index in [0.717, 1.165) is 23.1 Å². The molecule has 0 spiro atoms. The molecule has 2 aromatic rings. The first kappa shape index (κ1) is 11.9. The van der Waals surface area contributed by atoms with Crippen LogP contribution in [-0.4, -0.2) is 26.2 Å². The normalized spacial score (nSPS) is 12.4. The van der Waals surface area contributed by atoms with Gasteiger partial charge in [0.05, 0.1) is 6.04 Å². The Balaban J connectivity index is 2.13. The van der Waals surface area contributed by atoms with Crippen LogP contribution >= 0.6 is 11.8 Å². The fourth-order valence-electron chi connectivity index (χ4n) is 1.54. The minimum Gasteiger partial charge on any atom is -0.360 e. The first-order valence-electron chi connectivity index (χ1n) is 5.45. The Morgan fingerprint density at radius 1 is 1.41 bits per heavy atom. The lowest BCUT2D eigenvalue weighted by Gasteiger charge is -2.15. The Kier molecular flexibility index (Phi) is 3.98. The Hall–Kier alpha value is -1.56. The summed E-state index contributed by atoms with van der Waals surface area (Å²) in [6, 6.07) is 2.09. The highest BCUT2D eigenvalue weighted by Crippen LogP contribution is 2.20. The average Bonchev–Trinajstić information content (AvgIpc) is 2.90. The second-order valence-electron chi connectivity index (χ2n) is 3.53. The first-order valence-corrected chi connectivity index (χ1v) is 6.67. The van der Waals surface area contributed by atoms with Crippen molar-refractivity contribution in [3.63, 3.8) is 0 Å². The molecule has 2 N–H and O–H groups in total. The van der Waals surface area contributed by atoms with Crippen LogP contribution in [0.25, 0.3) is 0 Å². The van der Waals surface area contributed by atoms with Gasteiger partial charge < -0.3 is 10.3 Å². The zero-order valence-electron chi connectivity index (χ0n) is 9.84. The van der Waals surface area contributed by atoms with Gasteiger partial charge >= 0.3 is 0 Å². The van der Waals surface area contributed by atoms with Crippen LogP contribution in [0.15, 0.2) is 29.8 Å². The fraction of sp³-hybridized carbons (Fsp3) is 0.364. The third-order valence-electron chi connectivity index (χ3n) is 2.43. The van der Waals surface area contributed by atoms with Gasteiger partial charge in [0.25, 0.3) is 0 Å². The monoisotopic (exact) mass is 249 g/mol. The third-order valence-corrected chi connectivity index (χ3v) is 3.07. The predicted molar refractivity (Wildman–Crippen MR) is 69.1 cm³/mol. The lowest BCUT2D eigenvalue weighted by atomic mass is 10.2. The van der Waals surface area contributed by atoms with Crippen molar-refractivity contribution in [2.45, 2.75) is 24.4 Å². The Morgan fingerprint density at radius 2 is 2.29 bits per heavy atom. The van der Waals surface area contributed by atoms with Gasteiger partial charge in [-0.25, -0.2) is 15.0 Å². The lowest BCUT2D eigenvalue weighted by Crippen LogP contribution is -2.12. The van der Waals surface area contributed by atoms with Gasteiger partial charge in [-0.2, -0.15) is 0 Å². The van der Waals surface area contributed by atoms with E-state index in [9.17, 15) is 0 Å². The van der Waals surface area contributed by atoms with Gasteiger partial charge in [0.15, 0.2) is 0 Å². The molecule has 0 saturated heterocycles. The van der Waals surface area contributed by atoms with Gasteiger partial charge in [-0.1, -0.05) is 6.92 Å². The van der Waals surface area contributed by atoms with Crippen LogP contribution in [0.3, 0.4) is 0 Å². The number of hydrogen-bond acceptors (Lipinski definition) is 5. The summed E-state index contributed by atoms with van der Waals surface area (Å²) >= 11 is 1.60. The van der Waals surface area contributed by atoms with Crippen LogP contribution in [0.2, 0.25) is 0 Å². The van der Waals surface area contributed by atoms with Crippen molar-refractivity contribution >= 4 is 17.6 Å². The maximum Gasteiger partial charge on any atom is 0.131 e. The summed E-state index contributed by atoms with van der Waals surface area (Å²) in [7, 11) is 0. The summed E-state index contributed by atoms with van der Waals surface area (Å²) < 4.78 is 0. The molecule has 2 aromatic heterocycles. The number of aromatic nitrogens is 4. The molecule has 1 unspecified atom stereocenters. The van der Waals surface area contributed by atoms with E-state index in [1.807, 2.05) is 18.5 Å². The van der Waals surface area contributed by atoms with Gasteiger partial charge in [-0.3, -0.25) is 0 Å². The van der Waals surface area contributed by atoms with Gasteiger partial charge in [-0.05, 0) is 12.7 Å². The highest BCUT2D eigenvalue weighted by atomic mass is 32.2. The zero-order chi connectivity index (χ0) is 12.1. The van der Waals surface area contributed by atoms with Gasteiger partial charge in [0, 0.05) is 18.5 Å². The topological polar surface area (TPSA) is 66.5 Å². The van der Waals surface area contributed by atoms with Crippen LogP contribution in [-0.2, 0) is 0 Å². The standard InChI is InChI=1S/C11H15N5S/c1-3-8(11-12-4-5-13-11)16-9-6-10(17-2)15-7-14-9/h4-8H,3H2,1-2H3,(H,12,13)(H,14,15,16). The summed E-state index contributed by atoms with van der Waals surface area (Å²) in [5.41, 5.74) is 0. The van der Waals surface area contributed by atoms with Crippen LogP contribution in [0.5, 0.6) is 0 Å². The lowest BCUT2D eigenvalue weighted by molar-refractivity contribution is 0.699. The number of imidazole rings is 1. The first-order chi connectivity index (χ1) is 8.33. The molecule has 0 aliphatic heterocycles. The number of nitrogens with one attached hydrogen (secondary N) is 2. The molecule has 17 heavy (non-hydrogen) atoms. The molecule has 2 rings (SSSR count). The van der Waals surface area contributed by atoms with Gasteiger partial charge in [-0.15, -0.1) is 11.8 Å². The minimum absolute atomic E-state index is 0.148. The number of thioether (sulfide) groups is 1. The van der Waals surface area contributed by atoms with Gasteiger partial charge in [0.2, 0.25) is 0 Å². The van der Waals surface area contributed by atoms with Crippen molar-refractivity contribution in [3.8, 4) is 0 Å². The van der Waals surface area contributed by atoms with Gasteiger partial charge in [0.1, 0.15) is 23.0 Å². The third kappa shape index (κ3) is 2.97. The van der Waals surface area contributed by atoms with Crippen LogP contribution in [0.4, 0.5) is 5.82 Å². The van der Waals surface area contributed by atoms with E-state index in [2.05, 4.69) is 32.2 Å². The van der Waals surface area contributed by atoms with Crippen LogP contribution < -0.4 is 5.32 Å². The largest absolute Gasteiger partial charge is 0.360 e. The number of nitrogens with zero attached hydrogens (tertiary/aromatic N) is 3. The van der Waals surface area contributed by atoms with Crippen molar-refractivity contribution in [2.75, 3.05) is 11.6 Å². The molecule has 0 aliphatic rings. The van der Waals surface area contributed by atoms with Crippen LogP contribution in [0.1, 0.15) is 25.2 Å². The van der Waals surface area contributed by atoms with E-state index >= 15 is 0 Å². The number of aromatic amines is 1. The zero-order valence-corrected chi connectivity index (χ0v) is 10.7. The molecular weight excluding hydrogens is 234 g/mol. The van der Waals surface area contributed by atoms with E-state index in [-0.39, 0.29) is 6.04 Å². The molecule has 90 valence electrons. The van der Waals surface area contributed by atoms with Crippen molar-refractivity contribution in [3.05, 3.63) is 30.6 Å². The average molecular weight is 249 g/mol. The van der Waals surface area contributed by atoms with Crippen molar-refractivity contribution in [1.82, 2.24) is 19.9 Å². The molecule has 0 radical (unpaired) electrons. The van der Waals surface area contributed by atoms with Crippen LogP contribution in [0, 0.1) is 0 Å². The molecule has 0 fully saturated rings. The highest BCUT2D eigenvalue weighted by molar-refractivity contribution is 7.98. The highest BCUT2D eigenvalue weighted by Gasteiger charge is 2.12. The molecule has 0 amide bonds. The van der Waals surface area contributed by atoms with Crippen molar-refractivity contribution < 1.29 is 0 Å². The second kappa shape index (κ2) is 5.67. The maximum atomic E-state index is 4.26. The van der Waals surface area contributed by atoms with E-state index in [4.69, 9.17) is 0 Å². The van der Waals surface area contributed by atoms with E-state index in [0.29, 0.717) is 0 Å². The SMILES string of the molecule is CCC(Nc1cc(SC)ncn1)c1ncc[nH]1. The maximum absolute atomic E-state index is 4.26. The quantitative estimate of drug-likeness (QED) is 0.629. The molecule has 0 bridgehead atoms. The van der Waals surface area contributed by atoms with E-state index in [1.54, 1.807) is 24.3 Å². The number of rotatable bonds is 5. The van der Waals surface area contributed by atoms with E-state index < -0.39 is 0 Å². The summed E-state index contributed by atoms with van der Waals surface area (Å²) in [6.45, 7) is 2.11. The minimum atomic E-state index is 0.148. The molecule has 0 aliphatic carbocycles. The summed E-state index contributed by atoms with van der Waals surface area (Å²) in [5, 5.41) is 4.30. The number of hydrogen-bond donors (Lipinski definition) is 2. The summed E-state index contributed by atoms with van der Waals surface area (Å²) in [5.74, 6) is 1.75. The number of anilines is 1. The Bertz CT molecular complexity index is 457. The number of H-pyrrole nitrogens is 1.